The van der Waals surface area contributed by atoms with E-state index in [1.54, 1.807) is 0 Å². The topological polar surface area (TPSA) is 12.4 Å². The van der Waals surface area contributed by atoms with Crippen LogP contribution in [0.5, 0.6) is 0 Å². The summed E-state index contributed by atoms with van der Waals surface area (Å²) in [6, 6.07) is 13.8. The molecule has 17 heavy (non-hydrogen) atoms. The molecule has 0 N–H and O–H groups in total. The largest absolute Gasteiger partial charge is 0.256 e. The Kier molecular flexibility index (Phi) is 3.60. The quantitative estimate of drug-likeness (QED) is 0.678. The molecule has 0 aliphatic heterocycles. The summed E-state index contributed by atoms with van der Waals surface area (Å²) in [7, 11) is 0. The van der Waals surface area contributed by atoms with E-state index in [0.29, 0.717) is 0 Å². The second kappa shape index (κ2) is 5.15. The SMILES string of the molecule is Cc1ccc(N=Cc2ccc(Cl)cc2)cc1C. The third kappa shape index (κ3) is 3.18. The summed E-state index contributed by atoms with van der Waals surface area (Å²) in [5.41, 5.74) is 4.57. The van der Waals surface area contributed by atoms with E-state index in [0.717, 1.165) is 16.3 Å². The summed E-state index contributed by atoms with van der Waals surface area (Å²) in [6.07, 6.45) is 1.85. The Morgan fingerprint density at radius 1 is 0.941 bits per heavy atom. The normalized spacial score (nSPS) is 11.0. The molecule has 0 fully saturated rings. The molecule has 0 radical (unpaired) electrons. The summed E-state index contributed by atoms with van der Waals surface area (Å²) in [6.45, 7) is 4.19. The molecule has 86 valence electrons. The second-order valence-corrected chi connectivity index (χ2v) is 4.51. The van der Waals surface area contributed by atoms with Crippen molar-refractivity contribution in [1.82, 2.24) is 0 Å². The van der Waals surface area contributed by atoms with Gasteiger partial charge in [0.1, 0.15) is 0 Å². The van der Waals surface area contributed by atoms with Crippen LogP contribution in [0.1, 0.15) is 16.7 Å². The van der Waals surface area contributed by atoms with Crippen LogP contribution in [0.2, 0.25) is 5.02 Å². The van der Waals surface area contributed by atoms with Crippen molar-refractivity contribution in [2.24, 2.45) is 4.99 Å². The van der Waals surface area contributed by atoms with Gasteiger partial charge in [0, 0.05) is 11.2 Å². The summed E-state index contributed by atoms with van der Waals surface area (Å²) in [4.78, 5) is 4.44. The fourth-order valence-electron chi connectivity index (χ4n) is 1.50. The number of benzene rings is 2. The molecule has 0 heterocycles. The lowest BCUT2D eigenvalue weighted by Gasteiger charge is -2.00. The molecule has 0 aliphatic rings. The first kappa shape index (κ1) is 11.9. The Labute approximate surface area is 107 Å². The summed E-state index contributed by atoms with van der Waals surface area (Å²) in [5, 5.41) is 0.744. The van der Waals surface area contributed by atoms with Crippen LogP contribution in [-0.2, 0) is 0 Å². The van der Waals surface area contributed by atoms with Crippen molar-refractivity contribution in [2.75, 3.05) is 0 Å². The van der Waals surface area contributed by atoms with Gasteiger partial charge in [0.05, 0.1) is 5.69 Å². The number of halogens is 1. The van der Waals surface area contributed by atoms with Crippen molar-refractivity contribution in [3.8, 4) is 0 Å². The van der Waals surface area contributed by atoms with Crippen LogP contribution in [0.15, 0.2) is 47.5 Å². The monoisotopic (exact) mass is 243 g/mol. The van der Waals surface area contributed by atoms with E-state index < -0.39 is 0 Å². The number of aliphatic imine (C=N–C) groups is 1. The predicted octanol–water partition coefficient (Wildman–Crippen LogP) is 4.71. The maximum absolute atomic E-state index is 5.82. The highest BCUT2D eigenvalue weighted by molar-refractivity contribution is 6.30. The molecule has 2 rings (SSSR count). The third-order valence-electron chi connectivity index (χ3n) is 2.72. The van der Waals surface area contributed by atoms with Crippen LogP contribution in [0.25, 0.3) is 0 Å². The fourth-order valence-corrected chi connectivity index (χ4v) is 1.63. The van der Waals surface area contributed by atoms with Crippen LogP contribution in [0, 0.1) is 13.8 Å². The number of nitrogens with zero attached hydrogens (tertiary/aromatic N) is 1. The first-order chi connectivity index (χ1) is 8.15. The van der Waals surface area contributed by atoms with Crippen molar-refractivity contribution in [2.45, 2.75) is 13.8 Å². The van der Waals surface area contributed by atoms with Gasteiger partial charge in [-0.1, -0.05) is 29.8 Å². The van der Waals surface area contributed by atoms with Crippen LogP contribution >= 0.6 is 11.6 Å². The average Bonchev–Trinajstić information content (AvgIpc) is 2.33. The molecule has 0 saturated carbocycles. The van der Waals surface area contributed by atoms with Gasteiger partial charge in [-0.05, 0) is 54.8 Å². The molecule has 0 unspecified atom stereocenters. The van der Waals surface area contributed by atoms with E-state index >= 15 is 0 Å². The first-order valence-corrected chi connectivity index (χ1v) is 5.90. The van der Waals surface area contributed by atoms with E-state index in [2.05, 4.69) is 31.0 Å². The van der Waals surface area contributed by atoms with Gasteiger partial charge in [-0.2, -0.15) is 0 Å². The van der Waals surface area contributed by atoms with Gasteiger partial charge in [-0.3, -0.25) is 4.99 Å². The summed E-state index contributed by atoms with van der Waals surface area (Å²) in [5.74, 6) is 0. The average molecular weight is 244 g/mol. The molecule has 1 nitrogen and oxygen atoms in total. The van der Waals surface area contributed by atoms with Crippen LogP contribution in [0.3, 0.4) is 0 Å². The van der Waals surface area contributed by atoms with Crippen LogP contribution in [0.4, 0.5) is 5.69 Å². The zero-order valence-corrected chi connectivity index (χ0v) is 10.7. The number of hydrogen-bond acceptors (Lipinski definition) is 1. The zero-order chi connectivity index (χ0) is 12.3. The number of aryl methyl sites for hydroxylation is 2. The molecule has 0 saturated heterocycles. The van der Waals surface area contributed by atoms with Gasteiger partial charge in [0.25, 0.3) is 0 Å². The van der Waals surface area contributed by atoms with Gasteiger partial charge in [0.2, 0.25) is 0 Å². The Morgan fingerprint density at radius 2 is 1.65 bits per heavy atom. The Morgan fingerprint density at radius 3 is 2.29 bits per heavy atom. The highest BCUT2D eigenvalue weighted by atomic mass is 35.5. The molecular weight excluding hydrogens is 230 g/mol. The lowest BCUT2D eigenvalue weighted by molar-refractivity contribution is 1.33. The van der Waals surface area contributed by atoms with Gasteiger partial charge >= 0.3 is 0 Å². The Hall–Kier alpha value is -1.60. The van der Waals surface area contributed by atoms with E-state index in [9.17, 15) is 0 Å². The van der Waals surface area contributed by atoms with E-state index in [1.807, 2.05) is 36.5 Å². The molecule has 0 atom stereocenters. The smallest absolute Gasteiger partial charge is 0.0632 e. The first-order valence-electron chi connectivity index (χ1n) is 5.52. The second-order valence-electron chi connectivity index (χ2n) is 4.08. The van der Waals surface area contributed by atoms with Crippen molar-refractivity contribution in [1.29, 1.82) is 0 Å². The van der Waals surface area contributed by atoms with Crippen molar-refractivity contribution in [3.63, 3.8) is 0 Å². The minimum atomic E-state index is 0.744. The molecule has 0 bridgehead atoms. The van der Waals surface area contributed by atoms with Crippen LogP contribution in [-0.4, -0.2) is 6.21 Å². The lowest BCUT2D eigenvalue weighted by atomic mass is 10.1. The van der Waals surface area contributed by atoms with Crippen LogP contribution < -0.4 is 0 Å². The summed E-state index contributed by atoms with van der Waals surface area (Å²) >= 11 is 5.82. The highest BCUT2D eigenvalue weighted by Gasteiger charge is 1.94. The maximum Gasteiger partial charge on any atom is 0.0632 e. The van der Waals surface area contributed by atoms with Gasteiger partial charge in [0.15, 0.2) is 0 Å². The molecule has 0 spiro atoms. The van der Waals surface area contributed by atoms with Crippen molar-refractivity contribution in [3.05, 3.63) is 64.2 Å². The van der Waals surface area contributed by atoms with Gasteiger partial charge in [-0.25, -0.2) is 0 Å². The predicted molar refractivity (Wildman–Crippen MR) is 74.6 cm³/mol. The summed E-state index contributed by atoms with van der Waals surface area (Å²) < 4.78 is 0. The molecule has 2 heteroatoms. The Balaban J connectivity index is 2.20. The molecule has 0 amide bonds. The minimum Gasteiger partial charge on any atom is -0.256 e. The lowest BCUT2D eigenvalue weighted by Crippen LogP contribution is -1.81. The van der Waals surface area contributed by atoms with E-state index in [-0.39, 0.29) is 0 Å². The number of hydrogen-bond donors (Lipinski definition) is 0. The number of rotatable bonds is 2. The maximum atomic E-state index is 5.82. The minimum absolute atomic E-state index is 0.744. The molecule has 2 aromatic rings. The zero-order valence-electron chi connectivity index (χ0n) is 9.94. The van der Waals surface area contributed by atoms with Gasteiger partial charge in [-0.15, -0.1) is 0 Å². The fraction of sp³-hybridized carbons (Fsp3) is 0.133. The molecule has 0 aliphatic carbocycles. The van der Waals surface area contributed by atoms with E-state index in [4.69, 9.17) is 11.6 Å². The molecule has 2 aromatic carbocycles. The molecule has 0 aromatic heterocycles. The highest BCUT2D eigenvalue weighted by Crippen LogP contribution is 2.17. The third-order valence-corrected chi connectivity index (χ3v) is 2.98. The molecular formula is C15H14ClN. The van der Waals surface area contributed by atoms with Crippen molar-refractivity contribution < 1.29 is 0 Å². The van der Waals surface area contributed by atoms with Gasteiger partial charge < -0.3 is 0 Å². The van der Waals surface area contributed by atoms with E-state index in [1.165, 1.54) is 11.1 Å². The standard InChI is InChI=1S/C15H14ClN/c1-11-3-8-15(9-12(11)2)17-10-13-4-6-14(16)7-5-13/h3-10H,1-2H3. The Bertz CT molecular complexity index is 541. The van der Waals surface area contributed by atoms with Crippen molar-refractivity contribution >= 4 is 23.5 Å².